The molecule has 0 unspecified atom stereocenters. The summed E-state index contributed by atoms with van der Waals surface area (Å²) < 4.78 is 18.7. The summed E-state index contributed by atoms with van der Waals surface area (Å²) in [5, 5.41) is 2.69. The second kappa shape index (κ2) is 6.88. The van der Waals surface area contributed by atoms with Crippen molar-refractivity contribution in [1.82, 2.24) is 0 Å². The van der Waals surface area contributed by atoms with E-state index in [1.54, 1.807) is 6.07 Å². The Kier molecular flexibility index (Phi) is 4.93. The van der Waals surface area contributed by atoms with Gasteiger partial charge in [0.15, 0.2) is 0 Å². The maximum Gasteiger partial charge on any atom is 0.258 e. The number of anilines is 1. The normalized spacial score (nSPS) is 10.2. The zero-order valence-corrected chi connectivity index (χ0v) is 12.2. The Morgan fingerprint density at radius 3 is 2.48 bits per heavy atom. The van der Waals surface area contributed by atoms with Crippen molar-refractivity contribution in [3.8, 4) is 5.75 Å². The minimum atomic E-state index is -0.602. The van der Waals surface area contributed by atoms with Gasteiger partial charge in [-0.3, -0.25) is 4.79 Å². The molecule has 2 aromatic rings. The van der Waals surface area contributed by atoms with Crippen molar-refractivity contribution < 1.29 is 13.9 Å². The molecule has 0 aliphatic carbocycles. The maximum atomic E-state index is 13.8. The molecule has 0 aliphatic heterocycles. The van der Waals surface area contributed by atoms with E-state index in [4.69, 9.17) is 4.74 Å². The van der Waals surface area contributed by atoms with Crippen LogP contribution in [0.4, 0.5) is 10.1 Å². The number of carbonyl (C=O) groups is 1. The number of amides is 1. The molecule has 2 rings (SSSR count). The lowest BCUT2D eigenvalue weighted by Gasteiger charge is -2.08. The van der Waals surface area contributed by atoms with Crippen molar-refractivity contribution in [3.05, 3.63) is 59.4 Å². The highest BCUT2D eigenvalue weighted by molar-refractivity contribution is 6.04. The van der Waals surface area contributed by atoms with E-state index >= 15 is 0 Å². The molecule has 0 heterocycles. The fourth-order valence-electron chi connectivity index (χ4n) is 2.05. The number of halogens is 1. The Bertz CT molecular complexity index is 623. The van der Waals surface area contributed by atoms with E-state index in [9.17, 15) is 9.18 Å². The lowest BCUT2D eigenvalue weighted by Crippen LogP contribution is -2.13. The van der Waals surface area contributed by atoms with Crippen molar-refractivity contribution in [2.75, 3.05) is 12.4 Å². The van der Waals surface area contributed by atoms with E-state index in [2.05, 4.69) is 12.2 Å². The van der Waals surface area contributed by atoms with Gasteiger partial charge < -0.3 is 10.1 Å². The van der Waals surface area contributed by atoms with Gasteiger partial charge in [-0.25, -0.2) is 4.39 Å². The van der Waals surface area contributed by atoms with Crippen LogP contribution in [0.1, 0.15) is 29.3 Å². The summed E-state index contributed by atoms with van der Waals surface area (Å²) in [4.78, 5) is 12.1. The highest BCUT2D eigenvalue weighted by atomic mass is 19.1. The number of benzene rings is 2. The standard InChI is InChI=1S/C17H18FNO2/c1-3-4-12-5-7-13(8-6-12)19-17(20)15-10-9-14(21-2)11-16(15)18/h5-11H,3-4H2,1-2H3,(H,19,20). The molecule has 0 saturated heterocycles. The van der Waals surface area contributed by atoms with Crippen molar-refractivity contribution in [2.45, 2.75) is 19.8 Å². The van der Waals surface area contributed by atoms with Gasteiger partial charge in [0.2, 0.25) is 0 Å². The first-order valence-corrected chi connectivity index (χ1v) is 6.88. The minimum absolute atomic E-state index is 0.00608. The van der Waals surface area contributed by atoms with Gasteiger partial charge in [-0.15, -0.1) is 0 Å². The first kappa shape index (κ1) is 15.0. The van der Waals surface area contributed by atoms with Gasteiger partial charge in [0.05, 0.1) is 12.7 Å². The average Bonchev–Trinajstić information content (AvgIpc) is 2.49. The summed E-state index contributed by atoms with van der Waals surface area (Å²) >= 11 is 0. The molecular formula is C17H18FNO2. The molecule has 0 radical (unpaired) electrons. The zero-order chi connectivity index (χ0) is 15.2. The molecule has 21 heavy (non-hydrogen) atoms. The zero-order valence-electron chi connectivity index (χ0n) is 12.2. The number of ether oxygens (including phenoxy) is 1. The molecule has 0 aliphatic rings. The maximum absolute atomic E-state index is 13.8. The number of rotatable bonds is 5. The Balaban J connectivity index is 2.10. The van der Waals surface area contributed by atoms with Crippen molar-refractivity contribution >= 4 is 11.6 Å². The van der Waals surface area contributed by atoms with E-state index in [0.29, 0.717) is 11.4 Å². The van der Waals surface area contributed by atoms with Crippen LogP contribution in [0.5, 0.6) is 5.75 Å². The summed E-state index contributed by atoms with van der Waals surface area (Å²) in [6.07, 6.45) is 2.07. The van der Waals surface area contributed by atoms with Gasteiger partial charge in [-0.2, -0.15) is 0 Å². The monoisotopic (exact) mass is 287 g/mol. The Hall–Kier alpha value is -2.36. The van der Waals surface area contributed by atoms with E-state index in [1.165, 1.54) is 24.8 Å². The molecule has 0 spiro atoms. The van der Waals surface area contributed by atoms with Crippen LogP contribution in [0.2, 0.25) is 0 Å². The number of carbonyl (C=O) groups excluding carboxylic acids is 1. The summed E-state index contributed by atoms with van der Waals surface area (Å²) in [5.41, 5.74) is 1.86. The Labute approximate surface area is 123 Å². The van der Waals surface area contributed by atoms with Crippen LogP contribution in [0, 0.1) is 5.82 Å². The van der Waals surface area contributed by atoms with Gasteiger partial charge in [0.1, 0.15) is 11.6 Å². The lowest BCUT2D eigenvalue weighted by molar-refractivity contribution is 0.102. The van der Waals surface area contributed by atoms with Crippen LogP contribution in [0.3, 0.4) is 0 Å². The van der Waals surface area contributed by atoms with Crippen LogP contribution in [0.15, 0.2) is 42.5 Å². The van der Waals surface area contributed by atoms with Gasteiger partial charge in [0.25, 0.3) is 5.91 Å². The summed E-state index contributed by atoms with van der Waals surface area (Å²) in [7, 11) is 1.45. The van der Waals surface area contributed by atoms with Gasteiger partial charge >= 0.3 is 0 Å². The van der Waals surface area contributed by atoms with Crippen LogP contribution in [-0.2, 0) is 6.42 Å². The quantitative estimate of drug-likeness (QED) is 0.901. The molecule has 110 valence electrons. The number of nitrogens with one attached hydrogen (secondary N) is 1. The Morgan fingerprint density at radius 1 is 1.19 bits per heavy atom. The largest absolute Gasteiger partial charge is 0.497 e. The van der Waals surface area contributed by atoms with Crippen LogP contribution in [-0.4, -0.2) is 13.0 Å². The molecule has 1 amide bonds. The molecule has 0 fully saturated rings. The highest BCUT2D eigenvalue weighted by Gasteiger charge is 2.12. The van der Waals surface area contributed by atoms with Gasteiger partial charge in [0, 0.05) is 11.8 Å². The lowest BCUT2D eigenvalue weighted by atomic mass is 10.1. The van der Waals surface area contributed by atoms with Crippen molar-refractivity contribution in [3.63, 3.8) is 0 Å². The Morgan fingerprint density at radius 2 is 1.90 bits per heavy atom. The average molecular weight is 287 g/mol. The minimum Gasteiger partial charge on any atom is -0.497 e. The third-order valence-electron chi connectivity index (χ3n) is 3.17. The second-order valence-electron chi connectivity index (χ2n) is 4.75. The first-order chi connectivity index (χ1) is 10.1. The number of hydrogen-bond acceptors (Lipinski definition) is 2. The fraction of sp³-hybridized carbons (Fsp3) is 0.235. The number of aryl methyl sites for hydroxylation is 1. The van der Waals surface area contributed by atoms with E-state index < -0.39 is 11.7 Å². The predicted molar refractivity (Wildman–Crippen MR) is 81.3 cm³/mol. The summed E-state index contributed by atoms with van der Waals surface area (Å²) in [6.45, 7) is 2.11. The third kappa shape index (κ3) is 3.81. The molecular weight excluding hydrogens is 269 g/mol. The smallest absolute Gasteiger partial charge is 0.258 e. The fourth-order valence-corrected chi connectivity index (χ4v) is 2.05. The van der Waals surface area contributed by atoms with Crippen molar-refractivity contribution in [2.24, 2.45) is 0 Å². The van der Waals surface area contributed by atoms with E-state index in [1.807, 2.05) is 24.3 Å². The van der Waals surface area contributed by atoms with E-state index in [0.717, 1.165) is 12.8 Å². The predicted octanol–water partition coefficient (Wildman–Crippen LogP) is 4.04. The second-order valence-corrected chi connectivity index (χ2v) is 4.75. The molecule has 4 heteroatoms. The molecule has 0 aromatic heterocycles. The highest BCUT2D eigenvalue weighted by Crippen LogP contribution is 2.18. The topological polar surface area (TPSA) is 38.3 Å². The van der Waals surface area contributed by atoms with Crippen LogP contribution >= 0.6 is 0 Å². The van der Waals surface area contributed by atoms with Gasteiger partial charge in [-0.1, -0.05) is 25.5 Å². The van der Waals surface area contributed by atoms with Crippen LogP contribution in [0.25, 0.3) is 0 Å². The molecule has 0 bridgehead atoms. The summed E-state index contributed by atoms with van der Waals surface area (Å²) in [5.74, 6) is -0.694. The molecule has 0 atom stereocenters. The SMILES string of the molecule is CCCc1ccc(NC(=O)c2ccc(OC)cc2F)cc1. The van der Waals surface area contributed by atoms with E-state index in [-0.39, 0.29) is 5.56 Å². The third-order valence-corrected chi connectivity index (χ3v) is 3.17. The molecule has 1 N–H and O–H groups in total. The molecule has 3 nitrogen and oxygen atoms in total. The van der Waals surface area contributed by atoms with Crippen molar-refractivity contribution in [1.29, 1.82) is 0 Å². The number of methoxy groups -OCH3 is 1. The molecule has 2 aromatic carbocycles. The molecule has 0 saturated carbocycles. The number of hydrogen-bond donors (Lipinski definition) is 1. The van der Waals surface area contributed by atoms with Gasteiger partial charge in [-0.05, 0) is 36.2 Å². The summed E-state index contributed by atoms with van der Waals surface area (Å²) in [6, 6.07) is 11.7. The first-order valence-electron chi connectivity index (χ1n) is 6.88. The van der Waals surface area contributed by atoms with Crippen LogP contribution < -0.4 is 10.1 Å².